The van der Waals surface area contributed by atoms with Crippen molar-refractivity contribution in [1.82, 2.24) is 4.90 Å². The Morgan fingerprint density at radius 3 is 2.35 bits per heavy atom. The van der Waals surface area contributed by atoms with Gasteiger partial charge in [-0.3, -0.25) is 19.3 Å². The minimum atomic E-state index is -0.508. The Hall–Kier alpha value is -4.04. The van der Waals surface area contributed by atoms with Crippen LogP contribution in [0.15, 0.2) is 65.6 Å². The van der Waals surface area contributed by atoms with Crippen molar-refractivity contribution < 1.29 is 23.9 Å². The van der Waals surface area contributed by atoms with Crippen LogP contribution in [-0.2, 0) is 16.2 Å². The number of carbonyl (C=O) groups excluding carboxylic acids is 3. The third-order valence-electron chi connectivity index (χ3n) is 5.84. The molecule has 3 aromatic rings. The summed E-state index contributed by atoms with van der Waals surface area (Å²) < 4.78 is 11.4. The molecule has 0 saturated carbocycles. The predicted molar refractivity (Wildman–Crippen MR) is 146 cm³/mol. The number of carbonyl (C=O) groups is 3. The number of ether oxygens (including phenoxy) is 2. The van der Waals surface area contributed by atoms with E-state index in [-0.39, 0.29) is 11.4 Å². The maximum absolute atomic E-state index is 12.9. The van der Waals surface area contributed by atoms with Gasteiger partial charge < -0.3 is 14.8 Å². The predicted octanol–water partition coefficient (Wildman–Crippen LogP) is 5.87. The summed E-state index contributed by atoms with van der Waals surface area (Å²) in [7, 11) is 1.54. The molecule has 0 unspecified atom stereocenters. The largest absolute Gasteiger partial charge is 0.493 e. The molecule has 3 amide bonds. The highest BCUT2D eigenvalue weighted by molar-refractivity contribution is 8.18. The topological polar surface area (TPSA) is 84.9 Å². The Labute approximate surface area is 220 Å². The Morgan fingerprint density at radius 1 is 0.973 bits per heavy atom. The van der Waals surface area contributed by atoms with E-state index >= 15 is 0 Å². The first-order valence-electron chi connectivity index (χ1n) is 11.7. The van der Waals surface area contributed by atoms with Crippen LogP contribution in [0.2, 0.25) is 0 Å². The van der Waals surface area contributed by atoms with Crippen LogP contribution in [0.5, 0.6) is 11.5 Å². The lowest BCUT2D eigenvalue weighted by molar-refractivity contribution is -0.127. The van der Waals surface area contributed by atoms with Gasteiger partial charge in [-0.2, -0.15) is 0 Å². The number of hydrogen-bond donors (Lipinski definition) is 1. The lowest BCUT2D eigenvalue weighted by atomic mass is 10.1. The number of nitrogens with zero attached hydrogens (tertiary/aromatic N) is 1. The van der Waals surface area contributed by atoms with Crippen molar-refractivity contribution in [2.45, 2.75) is 27.4 Å². The lowest BCUT2D eigenvalue weighted by Gasteiger charge is -2.16. The van der Waals surface area contributed by atoms with Crippen LogP contribution in [0.1, 0.15) is 27.8 Å². The van der Waals surface area contributed by atoms with Crippen molar-refractivity contribution >= 4 is 40.6 Å². The number of aryl methyl sites for hydroxylation is 3. The second-order valence-electron chi connectivity index (χ2n) is 8.77. The standard InChI is InChI=1S/C29H28N2O5S/c1-18-12-19(2)27(20(3)13-18)30-26(32)16-31-28(33)25(37-29(31)34)15-22-10-11-23(24(14-22)35-4)36-17-21-8-6-5-7-9-21/h5-15H,16-17H2,1-4H3,(H,30,32)/b25-15+. The van der Waals surface area contributed by atoms with Crippen LogP contribution in [0, 0.1) is 20.8 Å². The van der Waals surface area contributed by atoms with Gasteiger partial charge in [-0.25, -0.2) is 0 Å². The van der Waals surface area contributed by atoms with E-state index < -0.39 is 17.1 Å². The summed E-state index contributed by atoms with van der Waals surface area (Å²) in [6, 6.07) is 19.0. The molecule has 3 aromatic carbocycles. The second-order valence-corrected chi connectivity index (χ2v) is 9.77. The van der Waals surface area contributed by atoms with E-state index in [1.165, 1.54) is 0 Å². The summed E-state index contributed by atoms with van der Waals surface area (Å²) in [5.41, 5.74) is 5.33. The summed E-state index contributed by atoms with van der Waals surface area (Å²) >= 11 is 0.805. The zero-order valence-electron chi connectivity index (χ0n) is 21.2. The number of anilines is 1. The third-order valence-corrected chi connectivity index (χ3v) is 6.75. The fraction of sp³-hybridized carbons (Fsp3) is 0.207. The number of amides is 3. The van der Waals surface area contributed by atoms with E-state index in [9.17, 15) is 14.4 Å². The highest BCUT2D eigenvalue weighted by Gasteiger charge is 2.36. The van der Waals surface area contributed by atoms with Crippen molar-refractivity contribution in [3.63, 3.8) is 0 Å². The molecule has 37 heavy (non-hydrogen) atoms. The molecule has 0 bridgehead atoms. The van der Waals surface area contributed by atoms with Crippen LogP contribution in [0.25, 0.3) is 6.08 Å². The van der Waals surface area contributed by atoms with Crippen molar-refractivity contribution in [3.8, 4) is 11.5 Å². The minimum Gasteiger partial charge on any atom is -0.493 e. The van der Waals surface area contributed by atoms with Crippen LogP contribution >= 0.6 is 11.8 Å². The average Bonchev–Trinajstić information content (AvgIpc) is 3.13. The van der Waals surface area contributed by atoms with Crippen LogP contribution in [0.3, 0.4) is 0 Å². The van der Waals surface area contributed by atoms with Crippen molar-refractivity contribution in [2.75, 3.05) is 19.0 Å². The number of thioether (sulfide) groups is 1. The molecule has 1 fully saturated rings. The van der Waals surface area contributed by atoms with Crippen molar-refractivity contribution in [2.24, 2.45) is 0 Å². The molecule has 0 aromatic heterocycles. The van der Waals surface area contributed by atoms with Gasteiger partial charge in [0, 0.05) is 5.69 Å². The van der Waals surface area contributed by atoms with Crippen LogP contribution in [-0.4, -0.2) is 35.6 Å². The van der Waals surface area contributed by atoms with Gasteiger partial charge in [-0.15, -0.1) is 0 Å². The fourth-order valence-electron chi connectivity index (χ4n) is 4.12. The van der Waals surface area contributed by atoms with Gasteiger partial charge in [-0.05, 0) is 73.0 Å². The molecule has 1 N–H and O–H groups in total. The molecule has 4 rings (SSSR count). The Morgan fingerprint density at radius 2 is 1.68 bits per heavy atom. The molecule has 1 aliphatic rings. The first-order chi connectivity index (χ1) is 17.7. The van der Waals surface area contributed by atoms with Gasteiger partial charge in [-0.1, -0.05) is 54.1 Å². The maximum atomic E-state index is 12.9. The van der Waals surface area contributed by atoms with Crippen molar-refractivity contribution in [1.29, 1.82) is 0 Å². The molecule has 0 spiro atoms. The number of hydrogen-bond acceptors (Lipinski definition) is 6. The third kappa shape index (κ3) is 6.21. The molecular formula is C29H28N2O5S. The van der Waals surface area contributed by atoms with E-state index in [0.717, 1.165) is 38.9 Å². The van der Waals surface area contributed by atoms with Gasteiger partial charge >= 0.3 is 0 Å². The normalized spacial score (nSPS) is 14.3. The Kier molecular flexibility index (Phi) is 7.98. The summed E-state index contributed by atoms with van der Waals surface area (Å²) in [6.07, 6.45) is 1.61. The zero-order chi connectivity index (χ0) is 26.5. The summed E-state index contributed by atoms with van der Waals surface area (Å²) in [4.78, 5) is 39.4. The smallest absolute Gasteiger partial charge is 0.294 e. The van der Waals surface area contributed by atoms with Crippen molar-refractivity contribution in [3.05, 3.63) is 93.4 Å². The monoisotopic (exact) mass is 516 g/mol. The Bertz CT molecular complexity index is 1360. The van der Waals surface area contributed by atoms with E-state index in [4.69, 9.17) is 9.47 Å². The van der Waals surface area contributed by atoms with E-state index in [1.807, 2.05) is 63.2 Å². The van der Waals surface area contributed by atoms with E-state index in [0.29, 0.717) is 29.4 Å². The molecule has 1 saturated heterocycles. The summed E-state index contributed by atoms with van der Waals surface area (Å²) in [5.74, 6) is 0.133. The zero-order valence-corrected chi connectivity index (χ0v) is 22.0. The van der Waals surface area contributed by atoms with E-state index in [2.05, 4.69) is 5.32 Å². The number of methoxy groups -OCH3 is 1. The minimum absolute atomic E-state index is 0.237. The molecule has 0 aliphatic carbocycles. The lowest BCUT2D eigenvalue weighted by Crippen LogP contribution is -2.36. The molecule has 7 nitrogen and oxygen atoms in total. The SMILES string of the molecule is COc1cc(/C=C2/SC(=O)N(CC(=O)Nc3c(C)cc(C)cc3C)C2=O)ccc1OCc1ccccc1. The van der Waals surface area contributed by atoms with Gasteiger partial charge in [0.25, 0.3) is 11.1 Å². The number of benzene rings is 3. The first kappa shape index (κ1) is 26.0. The van der Waals surface area contributed by atoms with Gasteiger partial charge in [0.05, 0.1) is 12.0 Å². The fourth-order valence-corrected chi connectivity index (χ4v) is 4.95. The molecular weight excluding hydrogens is 488 g/mol. The average molecular weight is 517 g/mol. The highest BCUT2D eigenvalue weighted by Crippen LogP contribution is 2.35. The quantitative estimate of drug-likeness (QED) is 0.377. The van der Waals surface area contributed by atoms with E-state index in [1.54, 1.807) is 31.4 Å². The summed E-state index contributed by atoms with van der Waals surface area (Å²) in [5, 5.41) is 2.35. The molecule has 8 heteroatoms. The first-order valence-corrected chi connectivity index (χ1v) is 12.5. The summed E-state index contributed by atoms with van der Waals surface area (Å²) in [6.45, 7) is 5.83. The number of imide groups is 1. The van der Waals surface area contributed by atoms with Gasteiger partial charge in [0.1, 0.15) is 13.2 Å². The maximum Gasteiger partial charge on any atom is 0.294 e. The molecule has 1 aliphatic heterocycles. The molecule has 1 heterocycles. The van der Waals surface area contributed by atoms with Gasteiger partial charge in [0.15, 0.2) is 11.5 Å². The molecule has 190 valence electrons. The van der Waals surface area contributed by atoms with Gasteiger partial charge in [0.2, 0.25) is 5.91 Å². The Balaban J connectivity index is 1.44. The number of nitrogens with one attached hydrogen (secondary N) is 1. The van der Waals surface area contributed by atoms with Crippen LogP contribution < -0.4 is 14.8 Å². The molecule has 0 radical (unpaired) electrons. The number of rotatable bonds is 8. The molecule has 0 atom stereocenters. The highest BCUT2D eigenvalue weighted by atomic mass is 32.2. The van der Waals surface area contributed by atoms with Crippen LogP contribution in [0.4, 0.5) is 10.5 Å². The second kappa shape index (κ2) is 11.3.